The van der Waals surface area contributed by atoms with E-state index in [0.29, 0.717) is 12.2 Å². The van der Waals surface area contributed by atoms with E-state index in [0.717, 1.165) is 36.0 Å². The van der Waals surface area contributed by atoms with Gasteiger partial charge in [-0.3, -0.25) is 4.89 Å². The predicted octanol–water partition coefficient (Wildman–Crippen LogP) is 3.89. The molecule has 0 bridgehead atoms. The zero-order valence-electron chi connectivity index (χ0n) is 11.7. The zero-order chi connectivity index (χ0) is 13.5. The lowest BCUT2D eigenvalue weighted by atomic mass is 10.0. The molecule has 0 amide bonds. The minimum atomic E-state index is -0.401. The monoisotopic (exact) mass is 250 g/mol. The Kier molecular flexibility index (Phi) is 5.86. The van der Waals surface area contributed by atoms with E-state index in [1.54, 1.807) is 0 Å². The smallest absolute Gasteiger partial charge is 0.293 e. The van der Waals surface area contributed by atoms with Crippen LogP contribution in [0.2, 0.25) is 0 Å². The van der Waals surface area contributed by atoms with Crippen molar-refractivity contribution in [1.82, 2.24) is 0 Å². The fraction of sp³-hybridized carbons (Fsp3) is 0.533. The third-order valence-electron chi connectivity index (χ3n) is 2.85. The van der Waals surface area contributed by atoms with Crippen molar-refractivity contribution >= 4 is 5.97 Å². The Morgan fingerprint density at radius 3 is 2.28 bits per heavy atom. The Bertz CT molecular complexity index is 387. The van der Waals surface area contributed by atoms with Crippen molar-refractivity contribution in [3.8, 4) is 0 Å². The summed E-state index contributed by atoms with van der Waals surface area (Å²) in [6.45, 7) is 8.41. The van der Waals surface area contributed by atoms with Gasteiger partial charge >= 0.3 is 5.97 Å². The second-order valence-corrected chi connectivity index (χ2v) is 4.67. The Morgan fingerprint density at radius 1 is 1.11 bits per heavy atom. The van der Waals surface area contributed by atoms with Crippen LogP contribution in [0.3, 0.4) is 0 Å². The second-order valence-electron chi connectivity index (χ2n) is 4.67. The van der Waals surface area contributed by atoms with Gasteiger partial charge in [0.2, 0.25) is 0 Å². The summed E-state index contributed by atoms with van der Waals surface area (Å²) in [7, 11) is 0. The van der Waals surface area contributed by atoms with Crippen molar-refractivity contribution in [3.63, 3.8) is 0 Å². The minimum Gasteiger partial charge on any atom is -0.293 e. The van der Waals surface area contributed by atoms with Gasteiger partial charge in [0.1, 0.15) is 0 Å². The quantitative estimate of drug-likeness (QED) is 0.436. The Hall–Kier alpha value is -1.35. The van der Waals surface area contributed by atoms with Crippen LogP contribution in [-0.2, 0) is 9.78 Å². The van der Waals surface area contributed by atoms with Crippen LogP contribution in [0.5, 0.6) is 0 Å². The van der Waals surface area contributed by atoms with E-state index in [2.05, 4.69) is 6.92 Å². The lowest BCUT2D eigenvalue weighted by molar-refractivity contribution is -0.241. The molecule has 3 nitrogen and oxygen atoms in total. The van der Waals surface area contributed by atoms with Crippen molar-refractivity contribution in [1.29, 1.82) is 0 Å². The number of hydrogen-bond acceptors (Lipinski definition) is 3. The molecule has 0 saturated carbocycles. The highest BCUT2D eigenvalue weighted by Crippen LogP contribution is 2.17. The summed E-state index contributed by atoms with van der Waals surface area (Å²) >= 11 is 0. The van der Waals surface area contributed by atoms with E-state index in [1.807, 2.05) is 32.9 Å². The predicted molar refractivity (Wildman–Crippen MR) is 71.5 cm³/mol. The molecule has 0 heterocycles. The number of carbonyl (C=O) groups excluding carboxylic acids is 1. The number of carbonyl (C=O) groups is 1. The van der Waals surface area contributed by atoms with Gasteiger partial charge in [0.05, 0.1) is 12.2 Å². The summed E-state index contributed by atoms with van der Waals surface area (Å²) in [5.74, 6) is -0.401. The van der Waals surface area contributed by atoms with Gasteiger partial charge in [-0.1, -0.05) is 37.5 Å². The number of hydrogen-bond donors (Lipinski definition) is 0. The summed E-state index contributed by atoms with van der Waals surface area (Å²) in [6, 6.07) is 3.95. The molecule has 0 aromatic heterocycles. The summed E-state index contributed by atoms with van der Waals surface area (Å²) in [4.78, 5) is 21.7. The molecule has 0 aliphatic rings. The Morgan fingerprint density at radius 2 is 1.72 bits per heavy atom. The van der Waals surface area contributed by atoms with Gasteiger partial charge < -0.3 is 0 Å². The van der Waals surface area contributed by atoms with E-state index in [9.17, 15) is 4.79 Å². The van der Waals surface area contributed by atoms with Crippen molar-refractivity contribution in [2.45, 2.75) is 47.0 Å². The van der Waals surface area contributed by atoms with Crippen LogP contribution >= 0.6 is 0 Å². The maximum absolute atomic E-state index is 11.9. The number of rotatable bonds is 6. The average molecular weight is 250 g/mol. The molecule has 0 fully saturated rings. The molecule has 0 aliphatic carbocycles. The fourth-order valence-corrected chi connectivity index (χ4v) is 2.05. The lowest BCUT2D eigenvalue weighted by Crippen LogP contribution is -2.10. The third-order valence-corrected chi connectivity index (χ3v) is 2.85. The van der Waals surface area contributed by atoms with Crippen molar-refractivity contribution in [2.75, 3.05) is 6.61 Å². The molecule has 0 N–H and O–H groups in total. The molecule has 0 saturated heterocycles. The lowest BCUT2D eigenvalue weighted by Gasteiger charge is -2.09. The molecule has 0 unspecified atom stereocenters. The van der Waals surface area contributed by atoms with Crippen LogP contribution in [0, 0.1) is 20.8 Å². The van der Waals surface area contributed by atoms with Crippen molar-refractivity contribution in [3.05, 3.63) is 34.4 Å². The molecule has 0 radical (unpaired) electrons. The maximum atomic E-state index is 11.9. The molecular formula is C15H22O3. The largest absolute Gasteiger partial charge is 0.373 e. The van der Waals surface area contributed by atoms with Gasteiger partial charge in [0.15, 0.2) is 0 Å². The highest BCUT2D eigenvalue weighted by molar-refractivity contribution is 5.92. The van der Waals surface area contributed by atoms with Crippen LogP contribution in [0.1, 0.15) is 53.2 Å². The molecule has 3 heteroatoms. The van der Waals surface area contributed by atoms with E-state index in [-0.39, 0.29) is 0 Å². The number of aryl methyl sites for hydroxylation is 3. The summed E-state index contributed by atoms with van der Waals surface area (Å²) in [5, 5.41) is 0. The van der Waals surface area contributed by atoms with Gasteiger partial charge in [-0.15, -0.1) is 0 Å². The van der Waals surface area contributed by atoms with E-state index in [1.165, 1.54) is 0 Å². The molecule has 0 spiro atoms. The van der Waals surface area contributed by atoms with Gasteiger partial charge in [-0.25, -0.2) is 4.79 Å². The topological polar surface area (TPSA) is 35.5 Å². The highest BCUT2D eigenvalue weighted by Gasteiger charge is 2.15. The first-order valence-electron chi connectivity index (χ1n) is 6.48. The van der Waals surface area contributed by atoms with E-state index >= 15 is 0 Å². The summed E-state index contributed by atoms with van der Waals surface area (Å²) in [5.41, 5.74) is 3.60. The van der Waals surface area contributed by atoms with Crippen LogP contribution in [0.25, 0.3) is 0 Å². The van der Waals surface area contributed by atoms with E-state index in [4.69, 9.17) is 9.78 Å². The van der Waals surface area contributed by atoms with Crippen LogP contribution in [0.15, 0.2) is 12.1 Å². The Balaban J connectivity index is 2.57. The SMILES string of the molecule is CCCCCOOC(=O)c1c(C)cc(C)cc1C. The van der Waals surface area contributed by atoms with Crippen molar-refractivity contribution in [2.24, 2.45) is 0 Å². The molecular weight excluding hydrogens is 228 g/mol. The Labute approximate surface area is 109 Å². The van der Waals surface area contributed by atoms with Gasteiger partial charge in [0.25, 0.3) is 0 Å². The summed E-state index contributed by atoms with van der Waals surface area (Å²) < 4.78 is 0. The molecule has 1 aromatic carbocycles. The molecule has 1 aromatic rings. The molecule has 1 rings (SSSR count). The van der Waals surface area contributed by atoms with Crippen LogP contribution in [0.4, 0.5) is 0 Å². The minimum absolute atomic E-state index is 0.401. The second kappa shape index (κ2) is 7.17. The normalized spacial score (nSPS) is 10.4. The molecule has 0 atom stereocenters. The van der Waals surface area contributed by atoms with Gasteiger partial charge in [-0.2, -0.15) is 4.89 Å². The van der Waals surface area contributed by atoms with Crippen molar-refractivity contribution < 1.29 is 14.6 Å². The molecule has 18 heavy (non-hydrogen) atoms. The highest BCUT2D eigenvalue weighted by atomic mass is 17.2. The fourth-order valence-electron chi connectivity index (χ4n) is 2.05. The average Bonchev–Trinajstić information content (AvgIpc) is 2.27. The molecule has 0 aliphatic heterocycles. The summed E-state index contributed by atoms with van der Waals surface area (Å²) in [6.07, 6.45) is 3.11. The van der Waals surface area contributed by atoms with Gasteiger partial charge in [-0.05, 0) is 38.3 Å². The first kappa shape index (κ1) is 14.7. The third kappa shape index (κ3) is 4.15. The standard InChI is InChI=1S/C15H22O3/c1-5-6-7-8-17-18-15(16)14-12(3)9-11(2)10-13(14)4/h9-10H,5-8H2,1-4H3. The van der Waals surface area contributed by atoms with E-state index < -0.39 is 5.97 Å². The van der Waals surface area contributed by atoms with Crippen LogP contribution < -0.4 is 0 Å². The van der Waals surface area contributed by atoms with Gasteiger partial charge in [0, 0.05) is 0 Å². The zero-order valence-corrected chi connectivity index (χ0v) is 11.7. The number of unbranched alkanes of at least 4 members (excludes halogenated alkanes) is 2. The first-order valence-corrected chi connectivity index (χ1v) is 6.48. The molecule has 100 valence electrons. The first-order chi connectivity index (χ1) is 8.56. The maximum Gasteiger partial charge on any atom is 0.373 e. The number of benzene rings is 1. The van der Waals surface area contributed by atoms with Crippen LogP contribution in [-0.4, -0.2) is 12.6 Å².